The molecule has 33 heavy (non-hydrogen) atoms. The zero-order chi connectivity index (χ0) is 24.3. The van der Waals surface area contributed by atoms with Crippen molar-refractivity contribution in [3.63, 3.8) is 0 Å². The molecule has 0 fully saturated rings. The standard InChI is InChI=1S/C22H25BrN4O5S/c1-14-11-27(15(2)13-28)22(29)19-8-17(23)10-25-21(19)32-20(14)12-26(3)33(30,31)18-6-4-16(9-24)5-7-18/h4-8,10,14-15,20,28H,11-13H2,1-3H3/t14-,15+,20-/m0/s1. The number of hydrogen-bond acceptors (Lipinski definition) is 7. The van der Waals surface area contributed by atoms with Gasteiger partial charge in [-0.1, -0.05) is 6.92 Å². The highest BCUT2D eigenvalue weighted by Crippen LogP contribution is 2.29. The molecule has 0 unspecified atom stereocenters. The summed E-state index contributed by atoms with van der Waals surface area (Å²) in [7, 11) is -2.39. The summed E-state index contributed by atoms with van der Waals surface area (Å²) in [4.78, 5) is 19.0. The largest absolute Gasteiger partial charge is 0.472 e. The maximum atomic E-state index is 13.2. The Morgan fingerprint density at radius 2 is 2.06 bits per heavy atom. The molecule has 1 aromatic carbocycles. The predicted molar refractivity (Wildman–Crippen MR) is 124 cm³/mol. The van der Waals surface area contributed by atoms with Gasteiger partial charge in [-0.15, -0.1) is 0 Å². The molecule has 0 spiro atoms. The fraction of sp³-hybridized carbons (Fsp3) is 0.409. The van der Waals surface area contributed by atoms with E-state index in [-0.39, 0.29) is 47.9 Å². The number of nitrogens with zero attached hydrogens (tertiary/aromatic N) is 4. The van der Waals surface area contributed by atoms with E-state index in [2.05, 4.69) is 20.9 Å². The van der Waals surface area contributed by atoms with Gasteiger partial charge in [0.25, 0.3) is 5.91 Å². The Bertz CT molecular complexity index is 1170. The number of amides is 1. The predicted octanol–water partition coefficient (Wildman–Crippen LogP) is 2.26. The van der Waals surface area contributed by atoms with E-state index in [0.29, 0.717) is 10.0 Å². The van der Waals surface area contributed by atoms with Crippen molar-refractivity contribution < 1.29 is 23.1 Å². The molecule has 2 heterocycles. The lowest BCUT2D eigenvalue weighted by molar-refractivity contribution is 0.0373. The van der Waals surface area contributed by atoms with E-state index in [9.17, 15) is 18.3 Å². The lowest BCUT2D eigenvalue weighted by Crippen LogP contribution is -2.50. The van der Waals surface area contributed by atoms with Crippen LogP contribution in [0.5, 0.6) is 5.88 Å². The maximum absolute atomic E-state index is 13.2. The van der Waals surface area contributed by atoms with Gasteiger partial charge >= 0.3 is 0 Å². The van der Waals surface area contributed by atoms with E-state index < -0.39 is 22.2 Å². The summed E-state index contributed by atoms with van der Waals surface area (Å²) >= 11 is 3.32. The molecule has 1 aliphatic heterocycles. The molecule has 1 aliphatic rings. The van der Waals surface area contributed by atoms with E-state index in [1.807, 2.05) is 13.0 Å². The summed E-state index contributed by atoms with van der Waals surface area (Å²) in [5.41, 5.74) is 0.601. The number of aromatic nitrogens is 1. The highest BCUT2D eigenvalue weighted by molar-refractivity contribution is 9.10. The van der Waals surface area contributed by atoms with Crippen molar-refractivity contribution in [3.8, 4) is 11.9 Å². The molecule has 0 radical (unpaired) electrons. The quantitative estimate of drug-likeness (QED) is 0.600. The van der Waals surface area contributed by atoms with Crippen LogP contribution in [0.15, 0.2) is 45.9 Å². The molecule has 11 heteroatoms. The minimum atomic E-state index is -3.84. The van der Waals surface area contributed by atoms with Crippen LogP contribution in [-0.2, 0) is 10.0 Å². The highest BCUT2D eigenvalue weighted by Gasteiger charge is 2.35. The van der Waals surface area contributed by atoms with E-state index >= 15 is 0 Å². The van der Waals surface area contributed by atoms with Gasteiger partial charge in [0, 0.05) is 30.2 Å². The number of aliphatic hydroxyl groups excluding tert-OH is 1. The lowest BCUT2D eigenvalue weighted by atomic mass is 10.0. The van der Waals surface area contributed by atoms with Crippen LogP contribution in [0.4, 0.5) is 0 Å². The minimum absolute atomic E-state index is 0.0101. The molecule has 9 nitrogen and oxygen atoms in total. The van der Waals surface area contributed by atoms with Crippen LogP contribution in [0.1, 0.15) is 29.8 Å². The van der Waals surface area contributed by atoms with Crippen LogP contribution in [0.3, 0.4) is 0 Å². The van der Waals surface area contributed by atoms with Crippen LogP contribution in [-0.4, -0.2) is 72.5 Å². The fourth-order valence-corrected chi connectivity index (χ4v) is 5.04. The van der Waals surface area contributed by atoms with Gasteiger partial charge in [-0.05, 0) is 53.2 Å². The first-order valence-electron chi connectivity index (χ1n) is 10.3. The number of carbonyl (C=O) groups excluding carboxylic acids is 1. The number of sulfonamides is 1. The van der Waals surface area contributed by atoms with Crippen LogP contribution in [0.2, 0.25) is 0 Å². The van der Waals surface area contributed by atoms with Crippen LogP contribution in [0, 0.1) is 17.2 Å². The average Bonchev–Trinajstić information content (AvgIpc) is 2.81. The van der Waals surface area contributed by atoms with E-state index in [1.54, 1.807) is 17.9 Å². The van der Waals surface area contributed by atoms with Crippen molar-refractivity contribution in [2.45, 2.75) is 30.9 Å². The molecular weight excluding hydrogens is 512 g/mol. The number of rotatable bonds is 6. The molecule has 3 atom stereocenters. The van der Waals surface area contributed by atoms with E-state index in [4.69, 9.17) is 10.00 Å². The summed E-state index contributed by atoms with van der Waals surface area (Å²) in [6.45, 7) is 3.67. The lowest BCUT2D eigenvalue weighted by Gasteiger charge is -2.37. The summed E-state index contributed by atoms with van der Waals surface area (Å²) in [6, 6.07) is 8.82. The minimum Gasteiger partial charge on any atom is -0.472 e. The van der Waals surface area contributed by atoms with Crippen molar-refractivity contribution in [3.05, 3.63) is 52.1 Å². The van der Waals surface area contributed by atoms with Gasteiger partial charge in [0.15, 0.2) is 0 Å². The van der Waals surface area contributed by atoms with Gasteiger partial charge in [0.2, 0.25) is 15.9 Å². The molecule has 0 saturated carbocycles. The van der Waals surface area contributed by atoms with E-state index in [1.165, 1.54) is 41.8 Å². The smallest absolute Gasteiger partial charge is 0.259 e. The fourth-order valence-electron chi connectivity index (χ4n) is 3.53. The number of fused-ring (bicyclic) bond motifs is 1. The summed E-state index contributed by atoms with van der Waals surface area (Å²) < 4.78 is 34.1. The molecule has 0 bridgehead atoms. The Morgan fingerprint density at radius 1 is 1.39 bits per heavy atom. The highest BCUT2D eigenvalue weighted by atomic mass is 79.9. The first-order valence-corrected chi connectivity index (χ1v) is 12.5. The van der Waals surface area contributed by atoms with Crippen molar-refractivity contribution >= 4 is 31.9 Å². The average molecular weight is 537 g/mol. The SMILES string of the molecule is C[C@H](CO)N1C[C@H](C)[C@H](CN(C)S(=O)(=O)c2ccc(C#N)cc2)Oc2ncc(Br)cc2C1=O. The van der Waals surface area contributed by atoms with Gasteiger partial charge in [0.1, 0.15) is 11.7 Å². The second-order valence-corrected chi connectivity index (χ2v) is 11.0. The van der Waals surface area contributed by atoms with Gasteiger partial charge in [-0.3, -0.25) is 4.79 Å². The zero-order valence-electron chi connectivity index (χ0n) is 18.5. The first kappa shape index (κ1) is 25.1. The number of halogens is 1. The third-order valence-corrected chi connectivity index (χ3v) is 7.89. The number of hydrogen-bond donors (Lipinski definition) is 1. The molecule has 0 saturated heterocycles. The summed E-state index contributed by atoms with van der Waals surface area (Å²) in [5, 5.41) is 18.6. The van der Waals surface area contributed by atoms with Crippen LogP contribution in [0.25, 0.3) is 0 Å². The van der Waals surface area contributed by atoms with Crippen LogP contribution >= 0.6 is 15.9 Å². The number of ether oxygens (including phenoxy) is 1. The Hall–Kier alpha value is -2.52. The molecule has 176 valence electrons. The second kappa shape index (κ2) is 10.2. The van der Waals surface area contributed by atoms with Crippen molar-refractivity contribution in [1.82, 2.24) is 14.2 Å². The molecular formula is C22H25BrN4O5S. The molecule has 1 N–H and O–H groups in total. The number of aliphatic hydroxyl groups is 1. The normalized spacial score (nSPS) is 19.8. The number of benzene rings is 1. The van der Waals surface area contributed by atoms with Crippen molar-refractivity contribution in [2.24, 2.45) is 5.92 Å². The molecule has 1 amide bonds. The van der Waals surface area contributed by atoms with Gasteiger partial charge < -0.3 is 14.7 Å². The number of carbonyl (C=O) groups is 1. The monoisotopic (exact) mass is 536 g/mol. The van der Waals surface area contributed by atoms with Gasteiger partial charge in [0.05, 0.1) is 35.7 Å². The van der Waals surface area contributed by atoms with Crippen molar-refractivity contribution in [1.29, 1.82) is 5.26 Å². The first-order chi connectivity index (χ1) is 15.6. The van der Waals surface area contributed by atoms with Crippen LogP contribution < -0.4 is 4.74 Å². The third-order valence-electron chi connectivity index (χ3n) is 5.62. The van der Waals surface area contributed by atoms with E-state index in [0.717, 1.165) is 0 Å². The van der Waals surface area contributed by atoms with Gasteiger partial charge in [-0.2, -0.15) is 9.57 Å². The second-order valence-electron chi connectivity index (χ2n) is 8.05. The Kier molecular flexibility index (Phi) is 7.74. The number of nitriles is 1. The molecule has 1 aromatic heterocycles. The molecule has 0 aliphatic carbocycles. The third kappa shape index (κ3) is 5.35. The molecule has 2 aromatic rings. The Labute approximate surface area is 201 Å². The Morgan fingerprint density at radius 3 is 2.67 bits per heavy atom. The van der Waals surface area contributed by atoms with Crippen molar-refractivity contribution in [2.75, 3.05) is 26.7 Å². The summed E-state index contributed by atoms with van der Waals surface area (Å²) in [6.07, 6.45) is 0.893. The zero-order valence-corrected chi connectivity index (χ0v) is 20.9. The number of pyridine rings is 1. The maximum Gasteiger partial charge on any atom is 0.259 e. The molecule has 3 rings (SSSR count). The number of likely N-dealkylation sites (N-methyl/N-ethyl adjacent to an activating group) is 1. The summed E-state index contributed by atoms with van der Waals surface area (Å²) in [5.74, 6) is -0.469. The van der Waals surface area contributed by atoms with Gasteiger partial charge in [-0.25, -0.2) is 13.4 Å². The topological polar surface area (TPSA) is 124 Å². The Balaban J connectivity index is 1.93.